The van der Waals surface area contributed by atoms with Crippen molar-refractivity contribution in [1.82, 2.24) is 9.88 Å². The average Bonchev–Trinajstić information content (AvgIpc) is 3.26. The molecule has 128 valence electrons. The number of aromatic nitrogens is 1. The van der Waals surface area contributed by atoms with Gasteiger partial charge in [0.05, 0.1) is 19.3 Å². The first-order valence-corrected chi connectivity index (χ1v) is 9.07. The zero-order chi connectivity index (χ0) is 16.9. The molecule has 1 saturated heterocycles. The summed E-state index contributed by atoms with van der Waals surface area (Å²) < 4.78 is 11.2. The lowest BCUT2D eigenvalue weighted by molar-refractivity contribution is 0.0193. The van der Waals surface area contributed by atoms with Crippen LogP contribution in [-0.2, 0) is 4.74 Å². The van der Waals surface area contributed by atoms with Crippen molar-refractivity contribution in [2.45, 2.75) is 25.8 Å². The maximum absolute atomic E-state index is 9.27. The molecule has 24 heavy (non-hydrogen) atoms. The Kier molecular flexibility index (Phi) is 5.51. The predicted octanol–water partition coefficient (Wildman–Crippen LogP) is 3.22. The highest BCUT2D eigenvalue weighted by Crippen LogP contribution is 2.28. The van der Waals surface area contributed by atoms with Crippen LogP contribution in [-0.4, -0.2) is 42.7 Å². The SMILES string of the molecule is CC(C)c1nc(C#N)c(NC[C@H](c2cccs2)N2CCOCC2)o1. The second-order valence-corrected chi connectivity index (χ2v) is 7.04. The summed E-state index contributed by atoms with van der Waals surface area (Å²) in [6.07, 6.45) is 0. The number of morpholine rings is 1. The van der Waals surface area contributed by atoms with E-state index in [2.05, 4.69) is 38.8 Å². The summed E-state index contributed by atoms with van der Waals surface area (Å²) in [5.74, 6) is 1.21. The molecule has 0 amide bonds. The molecule has 2 aromatic rings. The summed E-state index contributed by atoms with van der Waals surface area (Å²) in [6, 6.07) is 6.56. The minimum Gasteiger partial charge on any atom is -0.424 e. The van der Waals surface area contributed by atoms with E-state index in [1.807, 2.05) is 13.8 Å². The van der Waals surface area contributed by atoms with E-state index < -0.39 is 0 Å². The number of nitrogens with zero attached hydrogens (tertiary/aromatic N) is 3. The zero-order valence-corrected chi connectivity index (χ0v) is 14.8. The summed E-state index contributed by atoms with van der Waals surface area (Å²) in [7, 11) is 0. The number of thiophene rings is 1. The van der Waals surface area contributed by atoms with Crippen molar-refractivity contribution in [2.24, 2.45) is 0 Å². The fourth-order valence-corrected chi connectivity index (χ4v) is 3.61. The van der Waals surface area contributed by atoms with Crippen LogP contribution >= 0.6 is 11.3 Å². The van der Waals surface area contributed by atoms with E-state index >= 15 is 0 Å². The second-order valence-electron chi connectivity index (χ2n) is 6.06. The van der Waals surface area contributed by atoms with Crippen LogP contribution in [0.5, 0.6) is 0 Å². The van der Waals surface area contributed by atoms with Gasteiger partial charge in [0.2, 0.25) is 17.5 Å². The lowest BCUT2D eigenvalue weighted by Gasteiger charge is -2.34. The standard InChI is InChI=1S/C17H22N4O2S/c1-12(2)16-20-13(10-18)17(23-16)19-11-14(15-4-3-9-24-15)21-5-7-22-8-6-21/h3-4,9,12,14,19H,5-8,11H2,1-2H3/t14-/m1/s1. The van der Waals surface area contributed by atoms with Gasteiger partial charge in [-0.1, -0.05) is 19.9 Å². The van der Waals surface area contributed by atoms with Crippen molar-refractivity contribution >= 4 is 17.2 Å². The Morgan fingerprint density at radius 1 is 1.42 bits per heavy atom. The maximum atomic E-state index is 9.27. The molecule has 1 aliphatic heterocycles. The number of rotatable bonds is 6. The summed E-state index contributed by atoms with van der Waals surface area (Å²) in [4.78, 5) is 7.97. The first-order chi connectivity index (χ1) is 11.7. The van der Waals surface area contributed by atoms with Crippen LogP contribution < -0.4 is 5.32 Å². The number of hydrogen-bond acceptors (Lipinski definition) is 7. The van der Waals surface area contributed by atoms with Crippen LogP contribution in [0, 0.1) is 11.3 Å². The van der Waals surface area contributed by atoms with Gasteiger partial charge in [0.1, 0.15) is 6.07 Å². The Labute approximate surface area is 146 Å². The molecule has 3 rings (SSSR count). The molecule has 1 atom stereocenters. The van der Waals surface area contributed by atoms with Crippen molar-refractivity contribution in [3.05, 3.63) is 34.0 Å². The van der Waals surface area contributed by atoms with Gasteiger partial charge in [0.15, 0.2) is 0 Å². The molecule has 0 saturated carbocycles. The van der Waals surface area contributed by atoms with E-state index in [4.69, 9.17) is 9.15 Å². The molecule has 3 heterocycles. The molecule has 0 bridgehead atoms. The summed E-state index contributed by atoms with van der Waals surface area (Å²) >= 11 is 1.75. The molecule has 7 heteroatoms. The average molecular weight is 346 g/mol. The highest BCUT2D eigenvalue weighted by atomic mass is 32.1. The van der Waals surface area contributed by atoms with Crippen molar-refractivity contribution in [2.75, 3.05) is 38.2 Å². The minimum absolute atomic E-state index is 0.153. The van der Waals surface area contributed by atoms with Crippen LogP contribution in [0.3, 0.4) is 0 Å². The Morgan fingerprint density at radius 3 is 2.83 bits per heavy atom. The van der Waals surface area contributed by atoms with E-state index in [1.54, 1.807) is 11.3 Å². The highest BCUT2D eigenvalue weighted by Gasteiger charge is 2.24. The van der Waals surface area contributed by atoms with Gasteiger partial charge in [-0.3, -0.25) is 4.90 Å². The molecule has 1 N–H and O–H groups in total. The van der Waals surface area contributed by atoms with Crippen LogP contribution in [0.25, 0.3) is 0 Å². The Morgan fingerprint density at radius 2 is 2.21 bits per heavy atom. The summed E-state index contributed by atoms with van der Waals surface area (Å²) in [6.45, 7) is 7.99. The number of ether oxygens (including phenoxy) is 1. The van der Waals surface area contributed by atoms with Gasteiger partial charge >= 0.3 is 0 Å². The van der Waals surface area contributed by atoms with Crippen molar-refractivity contribution in [3.8, 4) is 6.07 Å². The fourth-order valence-electron chi connectivity index (χ4n) is 2.75. The minimum atomic E-state index is 0.153. The van der Waals surface area contributed by atoms with Gasteiger partial charge in [0.25, 0.3) is 0 Å². The monoisotopic (exact) mass is 346 g/mol. The molecule has 0 aromatic carbocycles. The van der Waals surface area contributed by atoms with E-state index in [0.29, 0.717) is 24.0 Å². The topological polar surface area (TPSA) is 74.3 Å². The fraction of sp³-hybridized carbons (Fsp3) is 0.529. The molecule has 1 fully saturated rings. The van der Waals surface area contributed by atoms with Gasteiger partial charge in [-0.05, 0) is 11.4 Å². The Balaban J connectivity index is 1.75. The number of nitrogens with one attached hydrogen (secondary N) is 1. The number of hydrogen-bond donors (Lipinski definition) is 1. The smallest absolute Gasteiger partial charge is 0.232 e. The molecule has 0 aliphatic carbocycles. The van der Waals surface area contributed by atoms with Crippen LogP contribution in [0.4, 0.5) is 5.88 Å². The number of nitriles is 1. The highest BCUT2D eigenvalue weighted by molar-refractivity contribution is 7.10. The second kappa shape index (κ2) is 7.79. The van der Waals surface area contributed by atoms with Crippen LogP contribution in [0.2, 0.25) is 0 Å². The van der Waals surface area contributed by atoms with Crippen molar-refractivity contribution in [3.63, 3.8) is 0 Å². The lowest BCUT2D eigenvalue weighted by atomic mass is 10.2. The Hall–Kier alpha value is -1.88. The molecular weight excluding hydrogens is 324 g/mol. The van der Waals surface area contributed by atoms with Gasteiger partial charge < -0.3 is 14.5 Å². The Bertz CT molecular complexity index is 684. The normalized spacial score (nSPS) is 16.9. The van der Waals surface area contributed by atoms with Crippen LogP contribution in [0.1, 0.15) is 42.3 Å². The van der Waals surface area contributed by atoms with E-state index in [-0.39, 0.29) is 12.0 Å². The number of oxazole rings is 1. The predicted molar refractivity (Wildman–Crippen MR) is 93.2 cm³/mol. The molecule has 1 aliphatic rings. The quantitative estimate of drug-likeness (QED) is 0.866. The number of anilines is 1. The lowest BCUT2D eigenvalue weighted by Crippen LogP contribution is -2.41. The molecule has 0 radical (unpaired) electrons. The molecule has 6 nitrogen and oxygen atoms in total. The zero-order valence-electron chi connectivity index (χ0n) is 14.0. The van der Waals surface area contributed by atoms with Gasteiger partial charge in [-0.2, -0.15) is 5.26 Å². The maximum Gasteiger partial charge on any atom is 0.232 e. The van der Waals surface area contributed by atoms with Gasteiger partial charge in [-0.25, -0.2) is 4.98 Å². The third-order valence-corrected chi connectivity index (χ3v) is 5.03. The largest absolute Gasteiger partial charge is 0.424 e. The summed E-state index contributed by atoms with van der Waals surface area (Å²) in [5.41, 5.74) is 0.325. The molecular formula is C17H22N4O2S. The van der Waals surface area contributed by atoms with Crippen LogP contribution in [0.15, 0.2) is 21.9 Å². The van der Waals surface area contributed by atoms with Gasteiger partial charge in [0, 0.05) is 30.4 Å². The van der Waals surface area contributed by atoms with Crippen molar-refractivity contribution in [1.29, 1.82) is 5.26 Å². The third-order valence-electron chi connectivity index (χ3n) is 4.06. The first-order valence-electron chi connectivity index (χ1n) is 8.19. The molecule has 0 unspecified atom stereocenters. The van der Waals surface area contributed by atoms with Gasteiger partial charge in [-0.15, -0.1) is 11.3 Å². The van der Waals surface area contributed by atoms with E-state index in [0.717, 1.165) is 26.3 Å². The van der Waals surface area contributed by atoms with E-state index in [1.165, 1.54) is 4.88 Å². The van der Waals surface area contributed by atoms with Crippen molar-refractivity contribution < 1.29 is 9.15 Å². The molecule has 2 aromatic heterocycles. The van der Waals surface area contributed by atoms with E-state index in [9.17, 15) is 5.26 Å². The third kappa shape index (κ3) is 3.78. The first kappa shape index (κ1) is 17.0. The molecule has 0 spiro atoms. The summed E-state index contributed by atoms with van der Waals surface area (Å²) in [5, 5.41) is 14.7.